The second-order valence-electron chi connectivity index (χ2n) is 8.32. The molecule has 4 nitrogen and oxygen atoms in total. The first-order valence-electron chi connectivity index (χ1n) is 11.1. The van der Waals surface area contributed by atoms with Crippen molar-refractivity contribution < 1.29 is 9.59 Å². The number of benzene rings is 2. The first-order valence-corrected chi connectivity index (χ1v) is 12.2. The third kappa shape index (κ3) is 8.41. The first kappa shape index (κ1) is 25.0. The molecule has 0 aliphatic carbocycles. The van der Waals surface area contributed by atoms with Gasteiger partial charge >= 0.3 is 0 Å². The maximum Gasteiger partial charge on any atom is 0.242 e. The maximum atomic E-state index is 13.2. The fraction of sp³-hybridized carbons (Fsp3) is 0.462. The van der Waals surface area contributed by atoms with Gasteiger partial charge in [0.2, 0.25) is 11.8 Å². The van der Waals surface area contributed by atoms with Crippen LogP contribution in [0.1, 0.15) is 54.5 Å². The van der Waals surface area contributed by atoms with Crippen LogP contribution in [0.15, 0.2) is 42.5 Å². The van der Waals surface area contributed by atoms with E-state index in [-0.39, 0.29) is 11.8 Å². The summed E-state index contributed by atoms with van der Waals surface area (Å²) >= 11 is 1.60. The second kappa shape index (κ2) is 12.6. The number of aryl methyl sites for hydroxylation is 3. The van der Waals surface area contributed by atoms with Gasteiger partial charge < -0.3 is 10.2 Å². The number of nitrogens with zero attached hydrogens (tertiary/aromatic N) is 1. The Bertz CT molecular complexity index is 861. The third-order valence-corrected chi connectivity index (χ3v) is 6.20. The van der Waals surface area contributed by atoms with Crippen molar-refractivity contribution in [1.29, 1.82) is 0 Å². The molecule has 0 spiro atoms. The van der Waals surface area contributed by atoms with Gasteiger partial charge in [0.15, 0.2) is 0 Å². The van der Waals surface area contributed by atoms with Crippen molar-refractivity contribution in [3.8, 4) is 0 Å². The van der Waals surface area contributed by atoms with Gasteiger partial charge in [-0.3, -0.25) is 9.59 Å². The lowest BCUT2D eigenvalue weighted by Crippen LogP contribution is -2.48. The van der Waals surface area contributed by atoms with Crippen molar-refractivity contribution >= 4 is 23.6 Å². The Labute approximate surface area is 191 Å². The van der Waals surface area contributed by atoms with Crippen LogP contribution in [0.2, 0.25) is 0 Å². The quantitative estimate of drug-likeness (QED) is 0.490. The van der Waals surface area contributed by atoms with Gasteiger partial charge in [-0.15, -0.1) is 11.8 Å². The van der Waals surface area contributed by atoms with Gasteiger partial charge in [-0.25, -0.2) is 0 Å². The molecule has 0 saturated carbocycles. The average molecular weight is 441 g/mol. The Balaban J connectivity index is 2.06. The normalized spacial score (nSPS) is 11.8. The van der Waals surface area contributed by atoms with E-state index in [4.69, 9.17) is 0 Å². The van der Waals surface area contributed by atoms with Crippen LogP contribution in [-0.4, -0.2) is 35.1 Å². The van der Waals surface area contributed by atoms with Gasteiger partial charge in [-0.2, -0.15) is 0 Å². The zero-order chi connectivity index (χ0) is 22.8. The summed E-state index contributed by atoms with van der Waals surface area (Å²) in [7, 11) is 0. The van der Waals surface area contributed by atoms with E-state index in [1.54, 1.807) is 16.7 Å². The third-order valence-electron chi connectivity index (χ3n) is 5.21. The fourth-order valence-electron chi connectivity index (χ4n) is 3.62. The molecule has 0 aliphatic rings. The molecule has 0 radical (unpaired) electrons. The van der Waals surface area contributed by atoms with Crippen LogP contribution in [-0.2, 0) is 21.9 Å². The molecule has 0 aliphatic heterocycles. The second-order valence-corrected chi connectivity index (χ2v) is 9.31. The molecule has 0 saturated heterocycles. The number of carbonyl (C=O) groups excluding carboxylic acids is 2. The average Bonchev–Trinajstić information content (AvgIpc) is 2.71. The SMILES string of the molecule is CCCCNC(=O)[C@@H](C)N(Cc1cccc(C)c1)C(=O)CSCc1cc(C)cc(C)c1. The highest BCUT2D eigenvalue weighted by atomic mass is 32.2. The number of hydrogen-bond donors (Lipinski definition) is 1. The predicted octanol–water partition coefficient (Wildman–Crippen LogP) is 5.18. The minimum Gasteiger partial charge on any atom is -0.354 e. The van der Waals surface area contributed by atoms with Gasteiger partial charge in [-0.1, -0.05) is 72.5 Å². The molecule has 2 aromatic rings. The standard InChI is InChI=1S/C26H36N2O2S/c1-6-7-11-27-26(30)22(5)28(16-23-10-8-9-19(2)13-23)25(29)18-31-17-24-14-20(3)12-21(4)15-24/h8-10,12-15,22H,6-7,11,16-18H2,1-5H3,(H,27,30)/t22-/m1/s1. The minimum absolute atomic E-state index is 0.00553. The lowest BCUT2D eigenvalue weighted by atomic mass is 10.1. The molecule has 2 rings (SSSR count). The van der Waals surface area contributed by atoms with E-state index >= 15 is 0 Å². The van der Waals surface area contributed by atoms with Gasteiger partial charge in [0.25, 0.3) is 0 Å². The molecule has 168 valence electrons. The smallest absolute Gasteiger partial charge is 0.242 e. The van der Waals surface area contributed by atoms with Crippen LogP contribution in [0.25, 0.3) is 0 Å². The number of carbonyl (C=O) groups is 2. The zero-order valence-corrected chi connectivity index (χ0v) is 20.3. The Morgan fingerprint density at radius 3 is 2.32 bits per heavy atom. The van der Waals surface area contributed by atoms with Crippen molar-refractivity contribution in [3.63, 3.8) is 0 Å². The van der Waals surface area contributed by atoms with E-state index in [0.717, 1.165) is 29.7 Å². The number of nitrogens with one attached hydrogen (secondary N) is 1. The fourth-order valence-corrected chi connectivity index (χ4v) is 4.46. The molecule has 0 unspecified atom stereocenters. The topological polar surface area (TPSA) is 49.4 Å². The summed E-state index contributed by atoms with van der Waals surface area (Å²) in [6, 6.07) is 14.1. The molecule has 0 bridgehead atoms. The molecule has 2 aromatic carbocycles. The Morgan fingerprint density at radius 1 is 1.00 bits per heavy atom. The van der Waals surface area contributed by atoms with Gasteiger partial charge in [0.05, 0.1) is 5.75 Å². The molecule has 1 N–H and O–H groups in total. The summed E-state index contributed by atoms with van der Waals surface area (Å²) in [5.41, 5.74) is 5.89. The summed E-state index contributed by atoms with van der Waals surface area (Å²) in [5, 5.41) is 2.97. The van der Waals surface area contributed by atoms with Crippen LogP contribution in [0.4, 0.5) is 0 Å². The molecule has 0 aromatic heterocycles. The monoisotopic (exact) mass is 440 g/mol. The Morgan fingerprint density at radius 2 is 1.68 bits per heavy atom. The van der Waals surface area contributed by atoms with Gasteiger partial charge in [-0.05, 0) is 45.2 Å². The Kier molecular flexibility index (Phi) is 10.1. The van der Waals surface area contributed by atoms with Gasteiger partial charge in [0, 0.05) is 18.8 Å². The number of unbranched alkanes of at least 4 members (excludes halogenated alkanes) is 1. The largest absolute Gasteiger partial charge is 0.354 e. The molecule has 2 amide bonds. The van der Waals surface area contributed by atoms with Crippen LogP contribution in [0, 0.1) is 20.8 Å². The highest BCUT2D eigenvalue weighted by Gasteiger charge is 2.25. The predicted molar refractivity (Wildman–Crippen MR) is 131 cm³/mol. The van der Waals surface area contributed by atoms with E-state index in [2.05, 4.69) is 50.4 Å². The van der Waals surface area contributed by atoms with Crippen LogP contribution < -0.4 is 5.32 Å². The van der Waals surface area contributed by atoms with Gasteiger partial charge in [0.1, 0.15) is 6.04 Å². The lowest BCUT2D eigenvalue weighted by Gasteiger charge is -2.29. The van der Waals surface area contributed by atoms with E-state index in [1.807, 2.05) is 32.0 Å². The van der Waals surface area contributed by atoms with Crippen molar-refractivity contribution in [2.75, 3.05) is 12.3 Å². The highest BCUT2D eigenvalue weighted by molar-refractivity contribution is 7.99. The summed E-state index contributed by atoms with van der Waals surface area (Å²) < 4.78 is 0. The zero-order valence-electron chi connectivity index (χ0n) is 19.5. The molecule has 5 heteroatoms. The molecule has 0 heterocycles. The van der Waals surface area contributed by atoms with Crippen molar-refractivity contribution in [2.24, 2.45) is 0 Å². The van der Waals surface area contributed by atoms with E-state index in [1.165, 1.54) is 16.7 Å². The summed E-state index contributed by atoms with van der Waals surface area (Å²) in [6.45, 7) is 11.2. The van der Waals surface area contributed by atoms with Crippen molar-refractivity contribution in [2.45, 2.75) is 65.8 Å². The first-order chi connectivity index (χ1) is 14.8. The minimum atomic E-state index is -0.508. The molecule has 0 fully saturated rings. The van der Waals surface area contributed by atoms with E-state index in [9.17, 15) is 9.59 Å². The Hall–Kier alpha value is -2.27. The van der Waals surface area contributed by atoms with Crippen LogP contribution in [0.3, 0.4) is 0 Å². The van der Waals surface area contributed by atoms with Crippen LogP contribution in [0.5, 0.6) is 0 Å². The summed E-state index contributed by atoms with van der Waals surface area (Å²) in [4.78, 5) is 27.5. The summed E-state index contributed by atoms with van der Waals surface area (Å²) in [5.74, 6) is 1.04. The maximum absolute atomic E-state index is 13.2. The molecule has 31 heavy (non-hydrogen) atoms. The van der Waals surface area contributed by atoms with E-state index in [0.29, 0.717) is 18.8 Å². The molecular formula is C26H36N2O2S. The number of hydrogen-bond acceptors (Lipinski definition) is 3. The number of rotatable bonds is 11. The lowest BCUT2D eigenvalue weighted by molar-refractivity contribution is -0.138. The number of thioether (sulfide) groups is 1. The van der Waals surface area contributed by atoms with E-state index < -0.39 is 6.04 Å². The molecule has 1 atom stereocenters. The van der Waals surface area contributed by atoms with Crippen molar-refractivity contribution in [1.82, 2.24) is 10.2 Å². The summed E-state index contributed by atoms with van der Waals surface area (Å²) in [6.07, 6.45) is 1.96. The molecular weight excluding hydrogens is 404 g/mol. The van der Waals surface area contributed by atoms with Crippen molar-refractivity contribution in [3.05, 3.63) is 70.3 Å². The van der Waals surface area contributed by atoms with Crippen LogP contribution >= 0.6 is 11.8 Å². The number of amides is 2. The highest BCUT2D eigenvalue weighted by Crippen LogP contribution is 2.18.